The lowest BCUT2D eigenvalue weighted by Crippen LogP contribution is -2.26. The number of anilines is 1. The minimum atomic E-state index is -0.655. The Bertz CT molecular complexity index is 1030. The zero-order valence-electron chi connectivity index (χ0n) is 15.9. The van der Waals surface area contributed by atoms with Crippen molar-refractivity contribution in [3.8, 4) is 11.4 Å². The van der Waals surface area contributed by atoms with Gasteiger partial charge in [0.2, 0.25) is 5.91 Å². The Hall–Kier alpha value is -3.15. The van der Waals surface area contributed by atoms with E-state index in [2.05, 4.69) is 24.3 Å². The van der Waals surface area contributed by atoms with Crippen LogP contribution in [0.3, 0.4) is 0 Å². The molecule has 27 heavy (non-hydrogen) atoms. The molecule has 2 aromatic carbocycles. The lowest BCUT2D eigenvalue weighted by atomic mass is 9.98. The highest BCUT2D eigenvalue weighted by atomic mass is 16.5. The number of hydrogen-bond donors (Lipinski definition) is 1. The summed E-state index contributed by atoms with van der Waals surface area (Å²) in [4.78, 5) is 24.8. The van der Waals surface area contributed by atoms with Crippen LogP contribution in [-0.2, 0) is 11.3 Å². The molecule has 0 aliphatic heterocycles. The van der Waals surface area contributed by atoms with E-state index in [4.69, 9.17) is 4.52 Å². The molecule has 1 N–H and O–H groups in total. The molecule has 1 heterocycles. The Balaban J connectivity index is 1.90. The van der Waals surface area contributed by atoms with E-state index in [0.29, 0.717) is 5.82 Å². The third kappa shape index (κ3) is 3.84. The number of hydrogen-bond acceptors (Lipinski definition) is 4. The number of carbonyl (C=O) groups is 1. The van der Waals surface area contributed by atoms with Crippen molar-refractivity contribution in [1.29, 1.82) is 0 Å². The van der Waals surface area contributed by atoms with Gasteiger partial charge in [0.1, 0.15) is 6.54 Å². The third-order valence-electron chi connectivity index (χ3n) is 4.57. The second-order valence-corrected chi connectivity index (χ2v) is 6.92. The van der Waals surface area contributed by atoms with Gasteiger partial charge in [-0.2, -0.15) is 0 Å². The molecular weight excluding hydrogens is 342 g/mol. The Morgan fingerprint density at radius 2 is 1.81 bits per heavy atom. The Labute approximate surface area is 157 Å². The minimum absolute atomic E-state index is 0.169. The van der Waals surface area contributed by atoms with E-state index in [-0.39, 0.29) is 18.4 Å². The normalized spacial score (nSPS) is 11.0. The summed E-state index contributed by atoms with van der Waals surface area (Å²) in [7, 11) is 0. The van der Waals surface area contributed by atoms with Gasteiger partial charge in [0.25, 0.3) is 0 Å². The molecule has 0 saturated carbocycles. The maximum absolute atomic E-state index is 12.7. The molecule has 1 amide bonds. The molecule has 0 bridgehead atoms. The summed E-state index contributed by atoms with van der Waals surface area (Å²) < 4.78 is 6.07. The van der Waals surface area contributed by atoms with Crippen LogP contribution >= 0.6 is 0 Å². The first-order valence-electron chi connectivity index (χ1n) is 8.90. The Morgan fingerprint density at radius 1 is 1.11 bits per heavy atom. The molecule has 0 fully saturated rings. The van der Waals surface area contributed by atoms with Gasteiger partial charge in [0.15, 0.2) is 5.82 Å². The zero-order valence-corrected chi connectivity index (χ0v) is 15.9. The summed E-state index contributed by atoms with van der Waals surface area (Å²) in [6.07, 6.45) is 0. The van der Waals surface area contributed by atoms with Crippen LogP contribution in [0, 0.1) is 13.8 Å². The standard InChI is InChI=1S/C21H23N3O3/c1-13(2)16-11-7-9-15(4)19(16)22-18(25)12-24-20(23-27-21(24)26)17-10-6-5-8-14(17)3/h5-11,13H,12H2,1-4H3,(H,22,25). The number of amides is 1. The van der Waals surface area contributed by atoms with Crippen molar-refractivity contribution in [3.63, 3.8) is 0 Å². The quantitative estimate of drug-likeness (QED) is 0.744. The highest BCUT2D eigenvalue weighted by Crippen LogP contribution is 2.27. The van der Waals surface area contributed by atoms with Gasteiger partial charge in [-0.05, 0) is 36.5 Å². The number of benzene rings is 2. The van der Waals surface area contributed by atoms with E-state index < -0.39 is 5.76 Å². The summed E-state index contributed by atoms with van der Waals surface area (Å²) in [6, 6.07) is 13.4. The van der Waals surface area contributed by atoms with Crippen molar-refractivity contribution in [2.75, 3.05) is 5.32 Å². The van der Waals surface area contributed by atoms with Gasteiger partial charge < -0.3 is 5.32 Å². The van der Waals surface area contributed by atoms with Crippen LogP contribution in [0.15, 0.2) is 51.8 Å². The smallest absolute Gasteiger partial charge is 0.324 e. The molecule has 0 radical (unpaired) electrons. The second-order valence-electron chi connectivity index (χ2n) is 6.92. The van der Waals surface area contributed by atoms with Crippen LogP contribution < -0.4 is 11.1 Å². The minimum Gasteiger partial charge on any atom is -0.324 e. The zero-order chi connectivity index (χ0) is 19.6. The number of nitrogens with zero attached hydrogens (tertiary/aromatic N) is 2. The van der Waals surface area contributed by atoms with Gasteiger partial charge in [0.05, 0.1) is 0 Å². The van der Waals surface area contributed by atoms with E-state index in [1.165, 1.54) is 4.57 Å². The lowest BCUT2D eigenvalue weighted by Gasteiger charge is -2.16. The average molecular weight is 365 g/mol. The predicted octanol–water partition coefficient (Wildman–Crippen LogP) is 3.88. The third-order valence-corrected chi connectivity index (χ3v) is 4.57. The highest BCUT2D eigenvalue weighted by Gasteiger charge is 2.18. The molecular formula is C21H23N3O3. The maximum atomic E-state index is 12.7. The van der Waals surface area contributed by atoms with Crippen molar-refractivity contribution >= 4 is 11.6 Å². The van der Waals surface area contributed by atoms with Crippen LogP contribution in [0.5, 0.6) is 0 Å². The monoisotopic (exact) mass is 365 g/mol. The van der Waals surface area contributed by atoms with Gasteiger partial charge in [-0.3, -0.25) is 9.32 Å². The number of para-hydroxylation sites is 1. The van der Waals surface area contributed by atoms with Crippen molar-refractivity contribution in [2.45, 2.75) is 40.2 Å². The van der Waals surface area contributed by atoms with Crippen LogP contribution in [0.4, 0.5) is 5.69 Å². The molecule has 0 unspecified atom stereocenters. The molecule has 140 valence electrons. The second kappa shape index (κ2) is 7.61. The van der Waals surface area contributed by atoms with Crippen LogP contribution in [0.2, 0.25) is 0 Å². The summed E-state index contributed by atoms with van der Waals surface area (Å²) in [5.74, 6) is -0.341. The lowest BCUT2D eigenvalue weighted by molar-refractivity contribution is -0.116. The topological polar surface area (TPSA) is 77.1 Å². The maximum Gasteiger partial charge on any atom is 0.442 e. The molecule has 3 aromatic rings. The van der Waals surface area contributed by atoms with E-state index in [0.717, 1.165) is 27.9 Å². The predicted molar refractivity (Wildman–Crippen MR) is 105 cm³/mol. The van der Waals surface area contributed by atoms with Crippen molar-refractivity contribution in [3.05, 3.63) is 69.7 Å². The van der Waals surface area contributed by atoms with Crippen LogP contribution in [-0.4, -0.2) is 15.6 Å². The SMILES string of the molecule is Cc1ccccc1-c1noc(=O)n1CC(=O)Nc1c(C)cccc1C(C)C. The number of aromatic nitrogens is 2. The van der Waals surface area contributed by atoms with Gasteiger partial charge >= 0.3 is 5.76 Å². The van der Waals surface area contributed by atoms with Gasteiger partial charge in [-0.25, -0.2) is 9.36 Å². The first-order chi connectivity index (χ1) is 12.9. The molecule has 0 saturated heterocycles. The Morgan fingerprint density at radius 3 is 2.52 bits per heavy atom. The van der Waals surface area contributed by atoms with Crippen molar-refractivity contribution < 1.29 is 9.32 Å². The molecule has 0 atom stereocenters. The fraction of sp³-hybridized carbons (Fsp3) is 0.286. The fourth-order valence-corrected chi connectivity index (χ4v) is 3.09. The molecule has 3 rings (SSSR count). The van der Waals surface area contributed by atoms with Gasteiger partial charge in [-0.1, -0.05) is 61.5 Å². The number of aryl methyl sites for hydroxylation is 2. The van der Waals surface area contributed by atoms with E-state index in [1.54, 1.807) is 0 Å². The highest BCUT2D eigenvalue weighted by molar-refractivity contribution is 5.92. The summed E-state index contributed by atoms with van der Waals surface area (Å²) in [6.45, 7) is 7.85. The van der Waals surface area contributed by atoms with Crippen molar-refractivity contribution in [2.24, 2.45) is 0 Å². The van der Waals surface area contributed by atoms with E-state index >= 15 is 0 Å². The summed E-state index contributed by atoms with van der Waals surface area (Å²) >= 11 is 0. The van der Waals surface area contributed by atoms with Crippen LogP contribution in [0.1, 0.15) is 36.5 Å². The number of carbonyl (C=O) groups excluding carboxylic acids is 1. The molecule has 6 heteroatoms. The van der Waals surface area contributed by atoms with Crippen LogP contribution in [0.25, 0.3) is 11.4 Å². The van der Waals surface area contributed by atoms with Crippen molar-refractivity contribution in [1.82, 2.24) is 9.72 Å². The number of rotatable bonds is 5. The largest absolute Gasteiger partial charge is 0.442 e. The van der Waals surface area contributed by atoms with Gasteiger partial charge in [-0.15, -0.1) is 0 Å². The molecule has 0 aliphatic carbocycles. The summed E-state index contributed by atoms with van der Waals surface area (Å²) in [5, 5.41) is 6.82. The first kappa shape index (κ1) is 18.6. The number of nitrogens with one attached hydrogen (secondary N) is 1. The average Bonchev–Trinajstić information content (AvgIpc) is 2.97. The summed E-state index contributed by atoms with van der Waals surface area (Å²) in [5.41, 5.74) is 4.53. The molecule has 0 spiro atoms. The molecule has 6 nitrogen and oxygen atoms in total. The van der Waals surface area contributed by atoms with E-state index in [1.807, 2.05) is 56.3 Å². The Kier molecular flexibility index (Phi) is 5.26. The molecule has 0 aliphatic rings. The fourth-order valence-electron chi connectivity index (χ4n) is 3.09. The first-order valence-corrected chi connectivity index (χ1v) is 8.90. The van der Waals surface area contributed by atoms with E-state index in [9.17, 15) is 9.59 Å². The molecule has 1 aromatic heterocycles. The van der Waals surface area contributed by atoms with Gasteiger partial charge in [0, 0.05) is 11.3 Å².